The monoisotopic (exact) mass is 363 g/mol. The topological polar surface area (TPSA) is 73.1 Å². The number of hydrogen-bond donors (Lipinski definition) is 0. The molecular weight excluding hydrogens is 346 g/mol. The van der Waals surface area contributed by atoms with Crippen molar-refractivity contribution in [3.8, 4) is 5.69 Å². The van der Waals surface area contributed by atoms with Gasteiger partial charge in [0.15, 0.2) is 0 Å². The van der Waals surface area contributed by atoms with Crippen LogP contribution in [-0.4, -0.2) is 52.9 Å². The number of amides is 1. The van der Waals surface area contributed by atoms with E-state index in [2.05, 4.69) is 15.1 Å². The first-order valence-corrected chi connectivity index (χ1v) is 10.3. The molecule has 0 aromatic carbocycles. The van der Waals surface area contributed by atoms with E-state index in [1.165, 1.54) is 25.8 Å². The van der Waals surface area contributed by atoms with Crippen LogP contribution < -0.4 is 4.90 Å². The number of carbonyl (C=O) groups is 1. The van der Waals surface area contributed by atoms with Crippen molar-refractivity contribution in [2.75, 3.05) is 31.9 Å². The summed E-state index contributed by atoms with van der Waals surface area (Å²) in [5.74, 6) is 0. The Labute approximate surface area is 136 Å². The second-order valence-electron chi connectivity index (χ2n) is 5.94. The number of hydrogen-bond acceptors (Lipinski definition) is 5. The summed E-state index contributed by atoms with van der Waals surface area (Å²) in [4.78, 5) is 20.4. The van der Waals surface area contributed by atoms with Gasteiger partial charge < -0.3 is 0 Å². The summed E-state index contributed by atoms with van der Waals surface area (Å²) in [5, 5.41) is 3.53. The van der Waals surface area contributed by atoms with Crippen LogP contribution in [0.1, 0.15) is 5.69 Å². The first-order valence-electron chi connectivity index (χ1n) is 6.88. The molecule has 132 valence electrons. The summed E-state index contributed by atoms with van der Waals surface area (Å²) in [6.07, 6.45) is -0.634. The third-order valence-electron chi connectivity index (χ3n) is 2.80. The zero-order chi connectivity index (χ0) is 18.1. The third kappa shape index (κ3) is 4.19. The van der Waals surface area contributed by atoms with E-state index in [1.807, 2.05) is 0 Å². The van der Waals surface area contributed by atoms with Crippen LogP contribution in [0.15, 0.2) is 24.9 Å². The Bertz CT molecular complexity index is 727. The summed E-state index contributed by atoms with van der Waals surface area (Å²) in [5.41, 5.74) is -1.36. The Balaban J connectivity index is 2.45. The van der Waals surface area contributed by atoms with E-state index in [4.69, 9.17) is 4.52 Å². The standard InChI is InChI=1S/C13H17F3N5O2P/c1-20(12(22)23-24(2,3)4)10-7-21(9-5-17-8-18-6-9)19-11(10)13(14,15)16/h5-8,24H,1-4H3. The molecule has 0 atom stereocenters. The van der Waals surface area contributed by atoms with Gasteiger partial charge in [-0.1, -0.05) is 0 Å². The van der Waals surface area contributed by atoms with Gasteiger partial charge in [0.25, 0.3) is 0 Å². The molecule has 2 heterocycles. The summed E-state index contributed by atoms with van der Waals surface area (Å²) in [7, 11) is -1.05. The van der Waals surface area contributed by atoms with Gasteiger partial charge >= 0.3 is 136 Å². The van der Waals surface area contributed by atoms with Gasteiger partial charge in [0.2, 0.25) is 0 Å². The van der Waals surface area contributed by atoms with Gasteiger partial charge in [-0.2, -0.15) is 0 Å². The minimum absolute atomic E-state index is 0.237. The molecule has 0 fully saturated rings. The molecule has 0 saturated carbocycles. The van der Waals surface area contributed by atoms with E-state index in [0.29, 0.717) is 0 Å². The number of aromatic nitrogens is 4. The first kappa shape index (κ1) is 18.1. The molecule has 0 aliphatic rings. The predicted octanol–water partition coefficient (Wildman–Crippen LogP) is 2.81. The van der Waals surface area contributed by atoms with Gasteiger partial charge in [-0.25, -0.2) is 0 Å². The Kier molecular flexibility index (Phi) is 4.80. The summed E-state index contributed by atoms with van der Waals surface area (Å²) in [6, 6.07) is 0. The molecular formula is C13H17F3N5O2P. The summed E-state index contributed by atoms with van der Waals surface area (Å²) < 4.78 is 46.0. The molecule has 7 nitrogen and oxygen atoms in total. The zero-order valence-corrected chi connectivity index (χ0v) is 14.5. The van der Waals surface area contributed by atoms with Crippen molar-refractivity contribution in [1.29, 1.82) is 0 Å². The van der Waals surface area contributed by atoms with Gasteiger partial charge in [-0.15, -0.1) is 0 Å². The number of anilines is 1. The Morgan fingerprint density at radius 3 is 2.33 bits per heavy atom. The number of rotatable bonds is 3. The van der Waals surface area contributed by atoms with Crippen LogP contribution in [0.2, 0.25) is 0 Å². The van der Waals surface area contributed by atoms with Gasteiger partial charge in [0.05, 0.1) is 0 Å². The number of carbonyl (C=O) groups excluding carboxylic acids is 1. The molecule has 0 saturated heterocycles. The maximum atomic E-state index is 13.3. The van der Waals surface area contributed by atoms with Gasteiger partial charge in [0.1, 0.15) is 0 Å². The molecule has 2 aromatic rings. The molecule has 24 heavy (non-hydrogen) atoms. The van der Waals surface area contributed by atoms with E-state index in [1.54, 1.807) is 20.0 Å². The van der Waals surface area contributed by atoms with Crippen molar-refractivity contribution >= 4 is 19.3 Å². The van der Waals surface area contributed by atoms with E-state index in [0.717, 1.165) is 15.8 Å². The fraction of sp³-hybridized carbons (Fsp3) is 0.385. The fourth-order valence-corrected chi connectivity index (χ4v) is 2.44. The van der Waals surface area contributed by atoms with Gasteiger partial charge in [-0.05, 0) is 0 Å². The normalized spacial score (nSPS) is 12.8. The van der Waals surface area contributed by atoms with Crippen molar-refractivity contribution in [2.24, 2.45) is 0 Å². The number of nitrogens with zero attached hydrogens (tertiary/aromatic N) is 5. The maximum absolute atomic E-state index is 13.3. The molecule has 0 N–H and O–H groups in total. The Morgan fingerprint density at radius 2 is 1.83 bits per heavy atom. The molecule has 0 aliphatic carbocycles. The van der Waals surface area contributed by atoms with E-state index in [-0.39, 0.29) is 5.69 Å². The third-order valence-corrected chi connectivity index (χ3v) is 3.59. The number of halogens is 3. The summed E-state index contributed by atoms with van der Waals surface area (Å²) in [6.45, 7) is 5.27. The van der Waals surface area contributed by atoms with Crippen LogP contribution in [0.3, 0.4) is 0 Å². The molecule has 1 amide bonds. The molecule has 0 radical (unpaired) electrons. The molecule has 0 aliphatic heterocycles. The van der Waals surface area contributed by atoms with Gasteiger partial charge in [-0.3, -0.25) is 0 Å². The molecule has 2 aromatic heterocycles. The molecule has 0 unspecified atom stereocenters. The molecule has 0 bridgehead atoms. The fourth-order valence-electron chi connectivity index (χ4n) is 1.78. The average molecular weight is 363 g/mol. The van der Waals surface area contributed by atoms with E-state index >= 15 is 0 Å². The van der Waals surface area contributed by atoms with Crippen molar-refractivity contribution in [1.82, 2.24) is 19.7 Å². The second kappa shape index (κ2) is 6.35. The van der Waals surface area contributed by atoms with Crippen LogP contribution in [0.25, 0.3) is 5.69 Å². The van der Waals surface area contributed by atoms with Crippen LogP contribution in [0.4, 0.5) is 23.7 Å². The minimum atomic E-state index is -4.73. The van der Waals surface area contributed by atoms with Crippen molar-refractivity contribution < 1.29 is 22.5 Å². The molecule has 11 heteroatoms. The molecule has 2 rings (SSSR count). The van der Waals surface area contributed by atoms with Crippen LogP contribution >= 0.6 is 7.49 Å². The van der Waals surface area contributed by atoms with Crippen molar-refractivity contribution in [3.63, 3.8) is 0 Å². The predicted molar refractivity (Wildman–Crippen MR) is 85.1 cm³/mol. The number of alkyl halides is 3. The SMILES string of the molecule is CN(C(=O)O[PH](C)(C)C)c1cn(-c2cncnc2)nc1C(F)(F)F. The Hall–Kier alpha value is -2.22. The molecule has 0 spiro atoms. The van der Waals surface area contributed by atoms with Crippen molar-refractivity contribution in [2.45, 2.75) is 6.18 Å². The zero-order valence-electron chi connectivity index (χ0n) is 13.5. The van der Waals surface area contributed by atoms with E-state index < -0.39 is 31.1 Å². The second-order valence-corrected chi connectivity index (χ2v) is 10.4. The van der Waals surface area contributed by atoms with E-state index in [9.17, 15) is 18.0 Å². The summed E-state index contributed by atoms with van der Waals surface area (Å²) >= 11 is 0. The van der Waals surface area contributed by atoms with Crippen LogP contribution in [-0.2, 0) is 10.7 Å². The quantitative estimate of drug-likeness (QED) is 0.784. The first-order chi connectivity index (χ1) is 11.0. The van der Waals surface area contributed by atoms with Gasteiger partial charge in [0, 0.05) is 0 Å². The van der Waals surface area contributed by atoms with Crippen LogP contribution in [0.5, 0.6) is 0 Å². The average Bonchev–Trinajstić information content (AvgIpc) is 2.90. The Morgan fingerprint density at radius 1 is 1.25 bits per heavy atom. The van der Waals surface area contributed by atoms with Crippen molar-refractivity contribution in [3.05, 3.63) is 30.6 Å². The van der Waals surface area contributed by atoms with Crippen LogP contribution in [0, 0.1) is 0 Å².